The van der Waals surface area contributed by atoms with Gasteiger partial charge in [-0.05, 0) is 37.0 Å². The molecular weight excluding hydrogens is 250 g/mol. The van der Waals surface area contributed by atoms with Crippen LogP contribution < -0.4 is 5.73 Å². The fraction of sp³-hybridized carbons (Fsp3) is 0.571. The molecule has 0 bridgehead atoms. The first-order valence-electron chi connectivity index (χ1n) is 6.27. The highest BCUT2D eigenvalue weighted by Gasteiger charge is 2.08. The SMILES string of the molecule is CCC(N)Cc1ccc(SC(C)CC)c(Cl)c1. The molecule has 96 valence electrons. The van der Waals surface area contributed by atoms with Crippen molar-refractivity contribution in [2.75, 3.05) is 0 Å². The monoisotopic (exact) mass is 271 g/mol. The van der Waals surface area contributed by atoms with Gasteiger partial charge in [0, 0.05) is 16.2 Å². The number of thioether (sulfide) groups is 1. The Labute approximate surface area is 114 Å². The molecule has 0 heterocycles. The van der Waals surface area contributed by atoms with Gasteiger partial charge in [0.2, 0.25) is 0 Å². The zero-order chi connectivity index (χ0) is 12.8. The topological polar surface area (TPSA) is 26.0 Å². The largest absolute Gasteiger partial charge is 0.327 e. The summed E-state index contributed by atoms with van der Waals surface area (Å²) in [6.07, 6.45) is 3.06. The van der Waals surface area contributed by atoms with Gasteiger partial charge in [-0.15, -0.1) is 11.8 Å². The molecule has 1 rings (SSSR count). The van der Waals surface area contributed by atoms with Crippen molar-refractivity contribution in [1.29, 1.82) is 0 Å². The Balaban J connectivity index is 2.72. The molecule has 1 nitrogen and oxygen atoms in total. The predicted molar refractivity (Wildman–Crippen MR) is 79.0 cm³/mol. The molecule has 1 aromatic carbocycles. The van der Waals surface area contributed by atoms with Gasteiger partial charge in [0.1, 0.15) is 0 Å². The van der Waals surface area contributed by atoms with E-state index in [0.29, 0.717) is 5.25 Å². The van der Waals surface area contributed by atoms with Crippen molar-refractivity contribution in [3.8, 4) is 0 Å². The Morgan fingerprint density at radius 2 is 2.00 bits per heavy atom. The summed E-state index contributed by atoms with van der Waals surface area (Å²) in [7, 11) is 0. The minimum atomic E-state index is 0.235. The highest BCUT2D eigenvalue weighted by molar-refractivity contribution is 8.00. The fourth-order valence-corrected chi connectivity index (χ4v) is 2.77. The Morgan fingerprint density at radius 3 is 2.53 bits per heavy atom. The maximum atomic E-state index is 6.30. The van der Waals surface area contributed by atoms with Crippen molar-refractivity contribution < 1.29 is 0 Å². The van der Waals surface area contributed by atoms with Gasteiger partial charge in [0.15, 0.2) is 0 Å². The van der Waals surface area contributed by atoms with Gasteiger partial charge in [0.25, 0.3) is 0 Å². The lowest BCUT2D eigenvalue weighted by atomic mass is 10.1. The van der Waals surface area contributed by atoms with E-state index in [9.17, 15) is 0 Å². The quantitative estimate of drug-likeness (QED) is 0.771. The first-order chi connectivity index (χ1) is 8.06. The predicted octanol–water partition coefficient (Wildman–Crippen LogP) is 4.51. The van der Waals surface area contributed by atoms with Crippen LogP contribution in [0.5, 0.6) is 0 Å². The Kier molecular flexibility index (Phi) is 6.39. The summed E-state index contributed by atoms with van der Waals surface area (Å²) in [5.41, 5.74) is 7.18. The van der Waals surface area contributed by atoms with E-state index in [2.05, 4.69) is 39.0 Å². The Hall–Kier alpha value is -0.180. The van der Waals surface area contributed by atoms with E-state index < -0.39 is 0 Å². The van der Waals surface area contributed by atoms with Crippen molar-refractivity contribution in [2.24, 2.45) is 5.73 Å². The van der Waals surface area contributed by atoms with Crippen LogP contribution in [-0.4, -0.2) is 11.3 Å². The van der Waals surface area contributed by atoms with E-state index in [0.717, 1.165) is 24.3 Å². The van der Waals surface area contributed by atoms with Crippen molar-refractivity contribution in [3.05, 3.63) is 28.8 Å². The zero-order valence-electron chi connectivity index (χ0n) is 10.9. The molecule has 2 N–H and O–H groups in total. The number of nitrogens with two attached hydrogens (primary N) is 1. The van der Waals surface area contributed by atoms with E-state index in [-0.39, 0.29) is 6.04 Å². The number of benzene rings is 1. The summed E-state index contributed by atoms with van der Waals surface area (Å²) in [5.74, 6) is 0. The third-order valence-electron chi connectivity index (χ3n) is 2.92. The van der Waals surface area contributed by atoms with E-state index >= 15 is 0 Å². The Bertz CT molecular complexity index is 354. The summed E-state index contributed by atoms with van der Waals surface area (Å²) in [5, 5.41) is 1.47. The Morgan fingerprint density at radius 1 is 1.29 bits per heavy atom. The molecule has 0 aliphatic heterocycles. The second kappa shape index (κ2) is 7.30. The third-order valence-corrected chi connectivity index (χ3v) is 4.69. The van der Waals surface area contributed by atoms with Crippen LogP contribution in [0.1, 0.15) is 39.2 Å². The molecule has 0 amide bonds. The van der Waals surface area contributed by atoms with Crippen LogP contribution in [0.4, 0.5) is 0 Å². The highest BCUT2D eigenvalue weighted by atomic mass is 35.5. The van der Waals surface area contributed by atoms with Crippen LogP contribution in [0, 0.1) is 0 Å². The van der Waals surface area contributed by atoms with E-state index in [1.54, 1.807) is 0 Å². The van der Waals surface area contributed by atoms with Gasteiger partial charge in [-0.2, -0.15) is 0 Å². The molecule has 17 heavy (non-hydrogen) atoms. The van der Waals surface area contributed by atoms with Crippen LogP contribution in [0.3, 0.4) is 0 Å². The lowest BCUT2D eigenvalue weighted by Crippen LogP contribution is -2.21. The lowest BCUT2D eigenvalue weighted by molar-refractivity contribution is 0.646. The second-order valence-corrected chi connectivity index (χ2v) is 6.36. The summed E-state index contributed by atoms with van der Waals surface area (Å²) < 4.78 is 0. The number of hydrogen-bond donors (Lipinski definition) is 1. The van der Waals surface area contributed by atoms with Crippen molar-refractivity contribution in [2.45, 2.75) is 56.2 Å². The molecular formula is C14H22ClNS. The summed E-state index contributed by atoms with van der Waals surface area (Å²) in [6, 6.07) is 6.56. The maximum Gasteiger partial charge on any atom is 0.0544 e. The fourth-order valence-electron chi connectivity index (χ4n) is 1.51. The molecule has 2 atom stereocenters. The number of rotatable bonds is 6. The van der Waals surface area contributed by atoms with E-state index in [1.165, 1.54) is 10.5 Å². The third kappa shape index (κ3) is 4.90. The molecule has 0 saturated carbocycles. The average molecular weight is 272 g/mol. The van der Waals surface area contributed by atoms with E-state index in [4.69, 9.17) is 17.3 Å². The zero-order valence-corrected chi connectivity index (χ0v) is 12.4. The summed E-state index contributed by atoms with van der Waals surface area (Å²) >= 11 is 8.14. The van der Waals surface area contributed by atoms with Gasteiger partial charge in [-0.25, -0.2) is 0 Å². The normalized spacial score (nSPS) is 14.6. The molecule has 0 aliphatic rings. The van der Waals surface area contributed by atoms with Gasteiger partial charge in [-0.1, -0.05) is 38.4 Å². The number of hydrogen-bond acceptors (Lipinski definition) is 2. The van der Waals surface area contributed by atoms with Crippen molar-refractivity contribution in [1.82, 2.24) is 0 Å². The number of halogens is 1. The minimum absolute atomic E-state index is 0.235. The summed E-state index contributed by atoms with van der Waals surface area (Å²) in [6.45, 7) is 6.53. The van der Waals surface area contributed by atoms with Crippen LogP contribution in [-0.2, 0) is 6.42 Å². The molecule has 0 radical (unpaired) electrons. The van der Waals surface area contributed by atoms with Crippen LogP contribution in [0.15, 0.2) is 23.1 Å². The molecule has 0 aromatic heterocycles. The van der Waals surface area contributed by atoms with Crippen LogP contribution in [0.25, 0.3) is 0 Å². The van der Waals surface area contributed by atoms with Crippen LogP contribution in [0.2, 0.25) is 5.02 Å². The van der Waals surface area contributed by atoms with Gasteiger partial charge < -0.3 is 5.73 Å². The van der Waals surface area contributed by atoms with Crippen molar-refractivity contribution >= 4 is 23.4 Å². The smallest absolute Gasteiger partial charge is 0.0544 e. The second-order valence-electron chi connectivity index (χ2n) is 4.47. The molecule has 0 spiro atoms. The average Bonchev–Trinajstić information content (AvgIpc) is 2.32. The molecule has 0 aliphatic carbocycles. The lowest BCUT2D eigenvalue weighted by Gasteiger charge is -2.13. The van der Waals surface area contributed by atoms with E-state index in [1.807, 2.05) is 11.8 Å². The highest BCUT2D eigenvalue weighted by Crippen LogP contribution is 2.32. The van der Waals surface area contributed by atoms with Crippen LogP contribution >= 0.6 is 23.4 Å². The standard InChI is InChI=1S/C14H22ClNS/c1-4-10(3)17-14-7-6-11(9-13(14)15)8-12(16)5-2/h6-7,9-10,12H,4-5,8,16H2,1-3H3. The maximum absolute atomic E-state index is 6.30. The molecule has 2 unspecified atom stereocenters. The molecule has 3 heteroatoms. The first-order valence-corrected chi connectivity index (χ1v) is 7.53. The van der Waals surface area contributed by atoms with Gasteiger partial charge in [-0.3, -0.25) is 0 Å². The first kappa shape index (κ1) is 14.9. The van der Waals surface area contributed by atoms with Gasteiger partial charge in [0.05, 0.1) is 5.02 Å². The molecule has 1 aromatic rings. The molecule has 0 fully saturated rings. The van der Waals surface area contributed by atoms with Crippen molar-refractivity contribution in [3.63, 3.8) is 0 Å². The van der Waals surface area contributed by atoms with Gasteiger partial charge >= 0.3 is 0 Å². The minimum Gasteiger partial charge on any atom is -0.327 e. The summed E-state index contributed by atoms with van der Waals surface area (Å²) in [4.78, 5) is 1.18. The molecule has 0 saturated heterocycles.